The Balaban J connectivity index is 1.98. The van der Waals surface area contributed by atoms with Gasteiger partial charge < -0.3 is 9.73 Å². The second-order valence-electron chi connectivity index (χ2n) is 4.68. The molecule has 0 aliphatic heterocycles. The molecule has 0 aliphatic rings. The molecule has 7 heteroatoms. The van der Waals surface area contributed by atoms with Crippen LogP contribution in [0.25, 0.3) is 11.0 Å². The van der Waals surface area contributed by atoms with Gasteiger partial charge in [-0.15, -0.1) is 0 Å². The Kier molecular flexibility index (Phi) is 4.31. The van der Waals surface area contributed by atoms with E-state index in [0.717, 1.165) is 6.26 Å². The first-order chi connectivity index (χ1) is 11.0. The van der Waals surface area contributed by atoms with Gasteiger partial charge in [-0.25, -0.2) is 0 Å². The van der Waals surface area contributed by atoms with Crippen molar-refractivity contribution < 1.29 is 9.21 Å². The Morgan fingerprint density at radius 3 is 2.39 bits per heavy atom. The fourth-order valence-corrected chi connectivity index (χ4v) is 2.66. The molecule has 3 rings (SSSR count). The summed E-state index contributed by atoms with van der Waals surface area (Å²) in [7, 11) is 0. The molecule has 1 amide bonds. The first kappa shape index (κ1) is 15.9. The molecule has 0 aliphatic carbocycles. The van der Waals surface area contributed by atoms with Gasteiger partial charge in [0.2, 0.25) is 5.43 Å². The lowest BCUT2D eigenvalue weighted by atomic mass is 10.1. The zero-order chi connectivity index (χ0) is 16.6. The lowest BCUT2D eigenvalue weighted by Gasteiger charge is -2.07. The quantitative estimate of drug-likeness (QED) is 0.647. The van der Waals surface area contributed by atoms with Crippen molar-refractivity contribution >= 4 is 57.4 Å². The second kappa shape index (κ2) is 6.24. The number of rotatable bonds is 2. The molecule has 3 aromatic rings. The van der Waals surface area contributed by atoms with Crippen molar-refractivity contribution in [3.05, 3.63) is 73.5 Å². The summed E-state index contributed by atoms with van der Waals surface area (Å²) in [5.41, 5.74) is 0.190. The summed E-state index contributed by atoms with van der Waals surface area (Å²) in [5, 5.41) is 3.45. The molecule has 2 aromatic carbocycles. The summed E-state index contributed by atoms with van der Waals surface area (Å²) < 4.78 is 5.31. The van der Waals surface area contributed by atoms with Gasteiger partial charge in [0.25, 0.3) is 5.91 Å². The van der Waals surface area contributed by atoms with E-state index in [1.807, 2.05) is 0 Å². The van der Waals surface area contributed by atoms with Crippen LogP contribution >= 0.6 is 34.8 Å². The molecular formula is C16H8Cl3NO3. The van der Waals surface area contributed by atoms with Crippen molar-refractivity contribution in [3.63, 3.8) is 0 Å². The summed E-state index contributed by atoms with van der Waals surface area (Å²) in [6.07, 6.45) is 1.12. The van der Waals surface area contributed by atoms with Gasteiger partial charge in [-0.1, -0.05) is 46.9 Å². The number of benzene rings is 2. The van der Waals surface area contributed by atoms with E-state index >= 15 is 0 Å². The maximum absolute atomic E-state index is 12.4. The molecular weight excluding hydrogens is 361 g/mol. The summed E-state index contributed by atoms with van der Waals surface area (Å²) >= 11 is 17.7. The number of para-hydroxylation sites is 1. The van der Waals surface area contributed by atoms with Crippen LogP contribution < -0.4 is 10.7 Å². The van der Waals surface area contributed by atoms with Crippen molar-refractivity contribution in [3.8, 4) is 0 Å². The lowest BCUT2D eigenvalue weighted by Crippen LogP contribution is -2.21. The first-order valence-electron chi connectivity index (χ1n) is 6.44. The second-order valence-corrected chi connectivity index (χ2v) is 5.88. The van der Waals surface area contributed by atoms with Crippen molar-refractivity contribution in [2.24, 2.45) is 0 Å². The Hall–Kier alpha value is -2.01. The smallest absolute Gasteiger partial charge is 0.262 e. The van der Waals surface area contributed by atoms with Crippen molar-refractivity contribution in [2.75, 3.05) is 5.32 Å². The Labute approximate surface area is 145 Å². The van der Waals surface area contributed by atoms with Crippen LogP contribution in [0.3, 0.4) is 0 Å². The third kappa shape index (κ3) is 3.06. The highest BCUT2D eigenvalue weighted by molar-refractivity contribution is 6.48. The monoisotopic (exact) mass is 367 g/mol. The maximum Gasteiger partial charge on any atom is 0.262 e. The molecule has 0 fully saturated rings. The maximum atomic E-state index is 12.4. The molecule has 1 N–H and O–H groups in total. The molecule has 4 nitrogen and oxygen atoms in total. The zero-order valence-electron chi connectivity index (χ0n) is 11.4. The molecule has 116 valence electrons. The van der Waals surface area contributed by atoms with Crippen LogP contribution in [0.4, 0.5) is 5.69 Å². The Bertz CT molecular complexity index is 959. The molecule has 0 bridgehead atoms. The van der Waals surface area contributed by atoms with Crippen LogP contribution in [0.15, 0.2) is 51.9 Å². The fraction of sp³-hybridized carbons (Fsp3) is 0. The number of nitrogens with one attached hydrogen (secondary N) is 1. The molecule has 0 saturated heterocycles. The summed E-state index contributed by atoms with van der Waals surface area (Å²) in [4.78, 5) is 24.6. The minimum Gasteiger partial charge on any atom is -0.463 e. The Morgan fingerprint density at radius 1 is 1.04 bits per heavy atom. The normalized spacial score (nSPS) is 10.7. The van der Waals surface area contributed by atoms with Crippen LogP contribution in [0.5, 0.6) is 0 Å². The molecule has 0 saturated carbocycles. The van der Waals surface area contributed by atoms with Crippen LogP contribution in [-0.4, -0.2) is 5.91 Å². The van der Waals surface area contributed by atoms with E-state index < -0.39 is 11.3 Å². The summed E-state index contributed by atoms with van der Waals surface area (Å²) in [6.45, 7) is 0. The number of carbonyl (C=O) groups is 1. The van der Waals surface area contributed by atoms with Crippen LogP contribution in [0.1, 0.15) is 10.4 Å². The van der Waals surface area contributed by atoms with E-state index in [1.54, 1.807) is 24.3 Å². The zero-order valence-corrected chi connectivity index (χ0v) is 13.7. The molecule has 23 heavy (non-hydrogen) atoms. The highest BCUT2D eigenvalue weighted by Crippen LogP contribution is 2.33. The highest BCUT2D eigenvalue weighted by atomic mass is 35.5. The van der Waals surface area contributed by atoms with E-state index in [1.165, 1.54) is 12.1 Å². The van der Waals surface area contributed by atoms with E-state index in [4.69, 9.17) is 39.2 Å². The average Bonchev–Trinajstić information content (AvgIpc) is 2.53. The number of carbonyl (C=O) groups excluding carboxylic acids is 1. The molecule has 0 radical (unpaired) electrons. The number of fused-ring (bicyclic) bond motifs is 1. The molecule has 1 heterocycles. The average molecular weight is 369 g/mol. The van der Waals surface area contributed by atoms with Crippen LogP contribution in [-0.2, 0) is 0 Å². The number of amides is 1. The third-order valence-corrected chi connectivity index (χ3v) is 4.36. The largest absolute Gasteiger partial charge is 0.463 e. The van der Waals surface area contributed by atoms with Gasteiger partial charge in [-0.3, -0.25) is 9.59 Å². The van der Waals surface area contributed by atoms with Gasteiger partial charge in [0.05, 0.1) is 20.5 Å². The minimum atomic E-state index is -0.626. The molecule has 0 atom stereocenters. The van der Waals surface area contributed by atoms with E-state index in [2.05, 4.69) is 5.32 Å². The third-order valence-electron chi connectivity index (χ3n) is 3.17. The first-order valence-corrected chi connectivity index (χ1v) is 7.57. The van der Waals surface area contributed by atoms with Crippen molar-refractivity contribution in [2.45, 2.75) is 0 Å². The SMILES string of the molecule is O=C(Nc1cc(Cl)c(Cl)c(Cl)c1)c1coc2ccccc2c1=O. The molecule has 0 spiro atoms. The number of anilines is 1. The van der Waals surface area contributed by atoms with Gasteiger partial charge in [-0.2, -0.15) is 0 Å². The molecule has 0 unspecified atom stereocenters. The van der Waals surface area contributed by atoms with Crippen LogP contribution in [0.2, 0.25) is 15.1 Å². The van der Waals surface area contributed by atoms with Crippen molar-refractivity contribution in [1.29, 1.82) is 0 Å². The van der Waals surface area contributed by atoms with Crippen LogP contribution in [0, 0.1) is 0 Å². The van der Waals surface area contributed by atoms with Gasteiger partial charge in [0.15, 0.2) is 0 Å². The van der Waals surface area contributed by atoms with E-state index in [-0.39, 0.29) is 20.6 Å². The van der Waals surface area contributed by atoms with Gasteiger partial charge in [0, 0.05) is 5.69 Å². The van der Waals surface area contributed by atoms with Gasteiger partial charge >= 0.3 is 0 Å². The topological polar surface area (TPSA) is 59.3 Å². The summed E-state index contributed by atoms with van der Waals surface area (Å²) in [5.74, 6) is -0.626. The number of hydrogen-bond acceptors (Lipinski definition) is 3. The van der Waals surface area contributed by atoms with E-state index in [9.17, 15) is 9.59 Å². The fourth-order valence-electron chi connectivity index (χ4n) is 2.06. The van der Waals surface area contributed by atoms with E-state index in [0.29, 0.717) is 16.7 Å². The Morgan fingerprint density at radius 2 is 1.70 bits per heavy atom. The summed E-state index contributed by atoms with van der Waals surface area (Å²) in [6, 6.07) is 9.56. The molecule has 1 aromatic heterocycles. The predicted molar refractivity (Wildman–Crippen MR) is 91.9 cm³/mol. The predicted octanol–water partition coefficient (Wildman–Crippen LogP) is 5.01. The number of halogens is 3. The minimum absolute atomic E-state index is 0.120. The van der Waals surface area contributed by atoms with Gasteiger partial charge in [-0.05, 0) is 24.3 Å². The number of hydrogen-bond donors (Lipinski definition) is 1. The van der Waals surface area contributed by atoms with Crippen molar-refractivity contribution in [1.82, 2.24) is 0 Å². The van der Waals surface area contributed by atoms with Gasteiger partial charge in [0.1, 0.15) is 17.4 Å². The highest BCUT2D eigenvalue weighted by Gasteiger charge is 2.15. The lowest BCUT2D eigenvalue weighted by molar-refractivity contribution is 0.102. The standard InChI is InChI=1S/C16H8Cl3NO3/c17-11-5-8(6-12(18)14(11)19)20-16(22)10-7-23-13-4-2-1-3-9(13)15(10)21/h1-7H,(H,20,22).